The Morgan fingerprint density at radius 1 is 1.04 bits per heavy atom. The van der Waals surface area contributed by atoms with Gasteiger partial charge in [-0.05, 0) is 67.3 Å². The molecule has 0 amide bonds. The van der Waals surface area contributed by atoms with E-state index >= 15 is 0 Å². The van der Waals surface area contributed by atoms with Crippen LogP contribution in [0.25, 0.3) is 10.8 Å². The highest BCUT2D eigenvalue weighted by atomic mass is 16.6. The molecule has 3 atom stereocenters. The summed E-state index contributed by atoms with van der Waals surface area (Å²) in [7, 11) is 0. The number of fused-ring (bicyclic) bond motifs is 3. The van der Waals surface area contributed by atoms with Gasteiger partial charge in [0.05, 0.1) is 5.56 Å². The molecule has 0 heterocycles. The molecule has 0 radical (unpaired) electrons. The third kappa shape index (κ3) is 2.63. The summed E-state index contributed by atoms with van der Waals surface area (Å²) in [5.74, 6) is 0.405. The molecule has 3 nitrogen and oxygen atoms in total. The van der Waals surface area contributed by atoms with Crippen LogP contribution in [0.5, 0.6) is 0 Å². The number of hydrogen-bond donors (Lipinski definition) is 0. The molecule has 3 aliphatic rings. The smallest absolute Gasteiger partial charge is 0.339 e. The van der Waals surface area contributed by atoms with Gasteiger partial charge >= 0.3 is 5.97 Å². The average molecular weight is 360 g/mol. The van der Waals surface area contributed by atoms with Crippen LogP contribution in [-0.2, 0) is 9.53 Å². The van der Waals surface area contributed by atoms with Crippen molar-refractivity contribution in [1.82, 2.24) is 0 Å². The van der Waals surface area contributed by atoms with Gasteiger partial charge in [-0.2, -0.15) is 0 Å². The molecule has 2 fully saturated rings. The van der Waals surface area contributed by atoms with Crippen LogP contribution >= 0.6 is 0 Å². The Morgan fingerprint density at radius 2 is 1.78 bits per heavy atom. The molecular formula is C24H24O3. The zero-order valence-electron chi connectivity index (χ0n) is 15.6. The first-order chi connectivity index (χ1) is 13.1. The third-order valence-electron chi connectivity index (χ3n) is 6.76. The summed E-state index contributed by atoms with van der Waals surface area (Å²) < 4.78 is 5.92. The van der Waals surface area contributed by atoms with E-state index in [4.69, 9.17) is 4.74 Å². The summed E-state index contributed by atoms with van der Waals surface area (Å²) in [6.45, 7) is 2.04. The van der Waals surface area contributed by atoms with Gasteiger partial charge < -0.3 is 4.74 Å². The number of Topliss-reactive ketones (excluding diaryl/α,β-unsaturated/α-hetero) is 1. The number of rotatable bonds is 3. The fourth-order valence-electron chi connectivity index (χ4n) is 5.30. The molecule has 138 valence electrons. The molecule has 3 aliphatic carbocycles. The second-order valence-electron chi connectivity index (χ2n) is 8.56. The maximum Gasteiger partial charge on any atom is 0.339 e. The minimum Gasteiger partial charge on any atom is -0.456 e. The lowest BCUT2D eigenvalue weighted by Crippen LogP contribution is -2.28. The van der Waals surface area contributed by atoms with Gasteiger partial charge in [-0.25, -0.2) is 4.79 Å². The Bertz CT molecular complexity index is 965. The van der Waals surface area contributed by atoms with E-state index in [1.807, 2.05) is 31.2 Å². The summed E-state index contributed by atoms with van der Waals surface area (Å²) in [6.07, 6.45) is 9.12. The Kier molecular flexibility index (Phi) is 3.75. The zero-order valence-corrected chi connectivity index (χ0v) is 15.6. The third-order valence-corrected chi connectivity index (χ3v) is 6.76. The molecule has 3 unspecified atom stereocenters. The predicted octanol–water partition coefficient (Wildman–Crippen LogP) is 5.19. The standard InChI is InChI=1S/C24H24O3/c1-24(12-2-3-13-24)27-23(26)20-9-5-6-16-17(20)7-4-8-18(16)21-14-15-10-11-19(21)22(15)25/h4-11,15,19,21H,2-3,12-14H2,1H3. The normalized spacial score (nSPS) is 28.2. The van der Waals surface area contributed by atoms with E-state index in [0.29, 0.717) is 11.3 Å². The number of hydrogen-bond acceptors (Lipinski definition) is 3. The Hall–Kier alpha value is -2.42. The van der Waals surface area contributed by atoms with Crippen molar-refractivity contribution in [3.05, 3.63) is 59.7 Å². The first-order valence-corrected chi connectivity index (χ1v) is 10.0. The second-order valence-corrected chi connectivity index (χ2v) is 8.56. The number of allylic oxidation sites excluding steroid dienone is 2. The average Bonchev–Trinajstić information content (AvgIpc) is 3.35. The molecule has 27 heavy (non-hydrogen) atoms. The zero-order chi connectivity index (χ0) is 18.6. The molecule has 0 saturated heterocycles. The maximum atomic E-state index is 12.9. The van der Waals surface area contributed by atoms with Gasteiger partial charge in [0.1, 0.15) is 11.4 Å². The van der Waals surface area contributed by atoms with E-state index in [9.17, 15) is 9.59 Å². The molecule has 2 aromatic rings. The summed E-state index contributed by atoms with van der Waals surface area (Å²) in [5, 5.41) is 2.00. The Balaban J connectivity index is 1.53. The van der Waals surface area contributed by atoms with Crippen molar-refractivity contribution >= 4 is 22.5 Å². The topological polar surface area (TPSA) is 43.4 Å². The van der Waals surface area contributed by atoms with Crippen LogP contribution in [-0.4, -0.2) is 17.4 Å². The highest BCUT2D eigenvalue weighted by molar-refractivity contribution is 6.06. The minimum atomic E-state index is -0.335. The lowest BCUT2D eigenvalue weighted by Gasteiger charge is -2.25. The van der Waals surface area contributed by atoms with Crippen molar-refractivity contribution in [2.45, 2.75) is 50.5 Å². The van der Waals surface area contributed by atoms with Crippen LogP contribution in [0.15, 0.2) is 48.6 Å². The van der Waals surface area contributed by atoms with Crippen LogP contribution < -0.4 is 0 Å². The molecule has 2 aromatic carbocycles. The number of ether oxygens (including phenoxy) is 1. The van der Waals surface area contributed by atoms with Crippen molar-refractivity contribution < 1.29 is 14.3 Å². The highest BCUT2D eigenvalue weighted by Crippen LogP contribution is 2.48. The molecular weight excluding hydrogens is 336 g/mol. The van der Waals surface area contributed by atoms with E-state index in [2.05, 4.69) is 24.3 Å². The molecule has 2 bridgehead atoms. The summed E-state index contributed by atoms with van der Waals surface area (Å²) in [6, 6.07) is 12.0. The van der Waals surface area contributed by atoms with E-state index in [0.717, 1.165) is 42.9 Å². The van der Waals surface area contributed by atoms with Gasteiger partial charge in [0.25, 0.3) is 0 Å². The number of ketones is 1. The quantitative estimate of drug-likeness (QED) is 0.559. The summed E-state index contributed by atoms with van der Waals surface area (Å²) >= 11 is 0. The van der Waals surface area contributed by atoms with Crippen molar-refractivity contribution in [1.29, 1.82) is 0 Å². The van der Waals surface area contributed by atoms with Crippen LogP contribution in [0.1, 0.15) is 60.9 Å². The summed E-state index contributed by atoms with van der Waals surface area (Å²) in [5.41, 5.74) is 1.48. The van der Waals surface area contributed by atoms with E-state index in [1.165, 1.54) is 5.56 Å². The second kappa shape index (κ2) is 6.05. The SMILES string of the molecule is CC1(OC(=O)c2cccc3c(C4CC5C=CC4C5=O)cccc23)CCCC1. The van der Waals surface area contributed by atoms with Gasteiger partial charge in [0, 0.05) is 11.8 Å². The molecule has 0 aromatic heterocycles. The number of esters is 1. The van der Waals surface area contributed by atoms with Crippen molar-refractivity contribution in [3.63, 3.8) is 0 Å². The molecule has 5 rings (SSSR count). The largest absolute Gasteiger partial charge is 0.456 e. The fourth-order valence-corrected chi connectivity index (χ4v) is 5.30. The predicted molar refractivity (Wildman–Crippen MR) is 105 cm³/mol. The van der Waals surface area contributed by atoms with Crippen molar-refractivity contribution in [2.24, 2.45) is 11.8 Å². The first-order valence-electron chi connectivity index (χ1n) is 10.0. The molecule has 0 spiro atoms. The van der Waals surface area contributed by atoms with Gasteiger partial charge in [0.15, 0.2) is 0 Å². The number of carbonyl (C=O) groups is 2. The Morgan fingerprint density at radius 3 is 2.48 bits per heavy atom. The van der Waals surface area contributed by atoms with Crippen LogP contribution in [0.4, 0.5) is 0 Å². The summed E-state index contributed by atoms with van der Waals surface area (Å²) in [4.78, 5) is 25.3. The van der Waals surface area contributed by atoms with Gasteiger partial charge in [-0.15, -0.1) is 0 Å². The van der Waals surface area contributed by atoms with Crippen molar-refractivity contribution in [3.8, 4) is 0 Å². The number of benzene rings is 2. The molecule has 0 N–H and O–H groups in total. The molecule has 3 heteroatoms. The van der Waals surface area contributed by atoms with Crippen molar-refractivity contribution in [2.75, 3.05) is 0 Å². The Labute approximate surface area is 159 Å². The maximum absolute atomic E-state index is 12.9. The van der Waals surface area contributed by atoms with Crippen LogP contribution in [0.2, 0.25) is 0 Å². The van der Waals surface area contributed by atoms with Crippen LogP contribution in [0, 0.1) is 11.8 Å². The number of carbonyl (C=O) groups excluding carboxylic acids is 2. The van der Waals surface area contributed by atoms with Crippen LogP contribution in [0.3, 0.4) is 0 Å². The van der Waals surface area contributed by atoms with Gasteiger partial charge in [-0.3, -0.25) is 4.79 Å². The monoisotopic (exact) mass is 360 g/mol. The van der Waals surface area contributed by atoms with E-state index in [-0.39, 0.29) is 29.3 Å². The first kappa shape index (κ1) is 16.7. The lowest BCUT2D eigenvalue weighted by molar-refractivity contribution is -0.120. The molecule has 0 aliphatic heterocycles. The van der Waals surface area contributed by atoms with E-state index < -0.39 is 0 Å². The fraction of sp³-hybridized carbons (Fsp3) is 0.417. The van der Waals surface area contributed by atoms with Gasteiger partial charge in [0.2, 0.25) is 0 Å². The van der Waals surface area contributed by atoms with Gasteiger partial charge in [-0.1, -0.05) is 42.5 Å². The van der Waals surface area contributed by atoms with E-state index in [1.54, 1.807) is 0 Å². The minimum absolute atomic E-state index is 0.00592. The molecule has 2 saturated carbocycles. The highest BCUT2D eigenvalue weighted by Gasteiger charge is 2.44. The lowest BCUT2D eigenvalue weighted by atomic mass is 9.83.